The minimum atomic E-state index is -0.736. The van der Waals surface area contributed by atoms with Gasteiger partial charge in [-0.1, -0.05) is 0 Å². The van der Waals surface area contributed by atoms with Gasteiger partial charge in [0.2, 0.25) is 5.43 Å². The van der Waals surface area contributed by atoms with E-state index in [0.717, 1.165) is 12.0 Å². The molecular weight excluding hydrogens is 292 g/mol. The summed E-state index contributed by atoms with van der Waals surface area (Å²) in [7, 11) is 0. The van der Waals surface area contributed by atoms with Crippen LogP contribution in [0.4, 0.5) is 5.82 Å². The number of hydrogen-bond acceptors (Lipinski definition) is 6. The predicted octanol–water partition coefficient (Wildman–Crippen LogP) is 1.87. The molecule has 7 heteroatoms. The molecule has 2 heterocycles. The molecular formula is C14H14N2O4S. The number of aromatic nitrogens is 1. The SMILES string of the molecule is CCOC(=O)c1c(N)[nH]c2sc3c(c2c1=O)CCCC3=O. The number of nitrogens with two attached hydrogens (primary N) is 1. The molecule has 0 saturated heterocycles. The normalized spacial score (nSPS) is 14.2. The number of pyridine rings is 1. The molecule has 0 aromatic carbocycles. The van der Waals surface area contributed by atoms with E-state index in [4.69, 9.17) is 10.5 Å². The number of nitrogens with one attached hydrogen (secondary N) is 1. The van der Waals surface area contributed by atoms with E-state index in [1.54, 1.807) is 6.92 Å². The molecule has 21 heavy (non-hydrogen) atoms. The number of aryl methyl sites for hydroxylation is 1. The number of H-pyrrole nitrogens is 1. The van der Waals surface area contributed by atoms with Gasteiger partial charge in [0.05, 0.1) is 16.9 Å². The number of hydrogen-bond donors (Lipinski definition) is 2. The third kappa shape index (κ3) is 2.04. The fraction of sp³-hybridized carbons (Fsp3) is 0.357. The lowest BCUT2D eigenvalue weighted by molar-refractivity contribution is 0.0526. The molecule has 3 rings (SSSR count). The summed E-state index contributed by atoms with van der Waals surface area (Å²) in [5.41, 5.74) is 5.88. The molecule has 2 aromatic rings. The highest BCUT2D eigenvalue weighted by Gasteiger charge is 2.27. The summed E-state index contributed by atoms with van der Waals surface area (Å²) >= 11 is 1.23. The Kier molecular flexibility index (Phi) is 3.29. The Morgan fingerprint density at radius 3 is 2.86 bits per heavy atom. The highest BCUT2D eigenvalue weighted by atomic mass is 32.1. The summed E-state index contributed by atoms with van der Waals surface area (Å²) in [4.78, 5) is 40.5. The maximum Gasteiger partial charge on any atom is 0.345 e. The minimum Gasteiger partial charge on any atom is -0.462 e. The van der Waals surface area contributed by atoms with Crippen molar-refractivity contribution in [3.05, 3.63) is 26.2 Å². The number of fused-ring (bicyclic) bond motifs is 3. The number of anilines is 1. The summed E-state index contributed by atoms with van der Waals surface area (Å²) in [6.45, 7) is 1.82. The molecule has 1 aliphatic carbocycles. The molecule has 6 nitrogen and oxygen atoms in total. The Balaban J connectivity index is 2.32. The Morgan fingerprint density at radius 2 is 2.14 bits per heavy atom. The maximum absolute atomic E-state index is 12.6. The van der Waals surface area contributed by atoms with Crippen LogP contribution in [-0.2, 0) is 11.2 Å². The summed E-state index contributed by atoms with van der Waals surface area (Å²) in [5.74, 6) is -0.710. The molecule has 0 amide bonds. The molecule has 0 saturated carbocycles. The van der Waals surface area contributed by atoms with Crippen molar-refractivity contribution in [1.29, 1.82) is 0 Å². The molecule has 0 spiro atoms. The van der Waals surface area contributed by atoms with Crippen molar-refractivity contribution < 1.29 is 14.3 Å². The van der Waals surface area contributed by atoms with Gasteiger partial charge in [-0.05, 0) is 25.3 Å². The van der Waals surface area contributed by atoms with Gasteiger partial charge >= 0.3 is 5.97 Å². The number of aromatic amines is 1. The fourth-order valence-electron chi connectivity index (χ4n) is 2.63. The van der Waals surface area contributed by atoms with E-state index in [2.05, 4.69) is 4.98 Å². The highest BCUT2D eigenvalue weighted by Crippen LogP contribution is 2.34. The third-order valence-electron chi connectivity index (χ3n) is 3.54. The summed E-state index contributed by atoms with van der Waals surface area (Å²) < 4.78 is 4.88. The second-order valence-corrected chi connectivity index (χ2v) is 5.87. The topological polar surface area (TPSA) is 102 Å². The molecule has 0 fully saturated rings. The highest BCUT2D eigenvalue weighted by molar-refractivity contribution is 7.20. The lowest BCUT2D eigenvalue weighted by Crippen LogP contribution is -2.22. The lowest BCUT2D eigenvalue weighted by atomic mass is 9.95. The van der Waals surface area contributed by atoms with Gasteiger partial charge in [-0.2, -0.15) is 0 Å². The van der Waals surface area contributed by atoms with Crippen molar-refractivity contribution in [3.8, 4) is 0 Å². The number of nitrogen functional groups attached to an aromatic ring is 1. The van der Waals surface area contributed by atoms with Gasteiger partial charge in [-0.15, -0.1) is 11.3 Å². The van der Waals surface area contributed by atoms with Crippen LogP contribution in [0.3, 0.4) is 0 Å². The average molecular weight is 306 g/mol. The van der Waals surface area contributed by atoms with Crippen molar-refractivity contribution >= 4 is 39.1 Å². The van der Waals surface area contributed by atoms with Crippen LogP contribution in [-0.4, -0.2) is 23.3 Å². The van der Waals surface area contributed by atoms with Crippen LogP contribution in [0.2, 0.25) is 0 Å². The van der Waals surface area contributed by atoms with Gasteiger partial charge in [-0.25, -0.2) is 4.79 Å². The first-order valence-corrected chi connectivity index (χ1v) is 7.53. The van der Waals surface area contributed by atoms with Crippen molar-refractivity contribution in [1.82, 2.24) is 4.98 Å². The molecule has 0 radical (unpaired) electrons. The number of thiophene rings is 1. The second-order valence-electron chi connectivity index (χ2n) is 4.85. The van der Waals surface area contributed by atoms with E-state index in [1.165, 1.54) is 11.3 Å². The molecule has 2 aromatic heterocycles. The zero-order valence-electron chi connectivity index (χ0n) is 11.4. The number of Topliss-reactive ketones (excluding diaryl/α,β-unsaturated/α-hetero) is 1. The Hall–Kier alpha value is -2.15. The molecule has 3 N–H and O–H groups in total. The van der Waals surface area contributed by atoms with Crippen LogP contribution in [0.5, 0.6) is 0 Å². The van der Waals surface area contributed by atoms with Crippen LogP contribution in [0.25, 0.3) is 10.2 Å². The van der Waals surface area contributed by atoms with Gasteiger partial charge in [-0.3, -0.25) is 9.59 Å². The van der Waals surface area contributed by atoms with Gasteiger partial charge in [0.15, 0.2) is 5.78 Å². The number of esters is 1. The van der Waals surface area contributed by atoms with E-state index in [0.29, 0.717) is 27.9 Å². The van der Waals surface area contributed by atoms with E-state index in [9.17, 15) is 14.4 Å². The van der Waals surface area contributed by atoms with Gasteiger partial charge in [0.1, 0.15) is 16.2 Å². The van der Waals surface area contributed by atoms with Crippen molar-refractivity contribution in [2.75, 3.05) is 12.3 Å². The standard InChI is InChI=1S/C14H14N2O4S/c1-2-20-14(19)9-10(18)8-6-4-3-5-7(17)11(6)21-13(8)16-12(9)15/h2-5H2,1H3,(H3,15,16,18). The van der Waals surface area contributed by atoms with Gasteiger partial charge in [0.25, 0.3) is 0 Å². The summed E-state index contributed by atoms with van der Waals surface area (Å²) in [5, 5.41) is 0.403. The molecule has 110 valence electrons. The van der Waals surface area contributed by atoms with Gasteiger partial charge < -0.3 is 15.5 Å². The Bertz CT molecular complexity index is 818. The van der Waals surface area contributed by atoms with Crippen LogP contribution in [0.15, 0.2) is 4.79 Å². The average Bonchev–Trinajstić information content (AvgIpc) is 2.79. The first-order valence-electron chi connectivity index (χ1n) is 6.72. The largest absolute Gasteiger partial charge is 0.462 e. The van der Waals surface area contributed by atoms with E-state index in [1.807, 2.05) is 0 Å². The summed E-state index contributed by atoms with van der Waals surface area (Å²) in [6.07, 6.45) is 1.88. The fourth-order valence-corrected chi connectivity index (χ4v) is 3.86. The molecule has 1 aliphatic rings. The van der Waals surface area contributed by atoms with E-state index < -0.39 is 11.4 Å². The number of ketones is 1. The van der Waals surface area contributed by atoms with E-state index in [-0.39, 0.29) is 23.8 Å². The van der Waals surface area contributed by atoms with E-state index >= 15 is 0 Å². The van der Waals surface area contributed by atoms with Crippen LogP contribution in [0.1, 0.15) is 45.4 Å². The quantitative estimate of drug-likeness (QED) is 0.825. The smallest absolute Gasteiger partial charge is 0.345 e. The molecule has 0 aliphatic heterocycles. The summed E-state index contributed by atoms with van der Waals surface area (Å²) in [6, 6.07) is 0. The first-order chi connectivity index (χ1) is 10.0. The van der Waals surface area contributed by atoms with Gasteiger partial charge in [0, 0.05) is 6.42 Å². The zero-order valence-corrected chi connectivity index (χ0v) is 12.3. The monoisotopic (exact) mass is 306 g/mol. The number of carbonyl (C=O) groups is 2. The molecule has 0 atom stereocenters. The molecule has 0 unspecified atom stereocenters. The number of rotatable bonds is 2. The van der Waals surface area contributed by atoms with Crippen LogP contribution >= 0.6 is 11.3 Å². The third-order valence-corrected chi connectivity index (χ3v) is 4.73. The predicted molar refractivity (Wildman–Crippen MR) is 80.1 cm³/mol. The van der Waals surface area contributed by atoms with Crippen LogP contribution in [0, 0.1) is 0 Å². The minimum absolute atomic E-state index is 0.0167. The van der Waals surface area contributed by atoms with Crippen molar-refractivity contribution in [2.45, 2.75) is 26.2 Å². The Morgan fingerprint density at radius 1 is 1.38 bits per heavy atom. The first kappa shape index (κ1) is 13.8. The van der Waals surface area contributed by atoms with Crippen molar-refractivity contribution in [2.24, 2.45) is 0 Å². The molecule has 0 bridgehead atoms. The zero-order chi connectivity index (χ0) is 15.1. The number of ether oxygens (including phenoxy) is 1. The van der Waals surface area contributed by atoms with Crippen molar-refractivity contribution in [3.63, 3.8) is 0 Å². The Labute approximate surface area is 123 Å². The lowest BCUT2D eigenvalue weighted by Gasteiger charge is -2.09. The number of carbonyl (C=O) groups excluding carboxylic acids is 2. The van der Waals surface area contributed by atoms with Crippen LogP contribution < -0.4 is 11.2 Å². The second kappa shape index (κ2) is 5.00. The maximum atomic E-state index is 12.6.